The minimum atomic E-state index is 0.238. The number of rotatable bonds is 0. The van der Waals surface area contributed by atoms with Gasteiger partial charge in [0.2, 0.25) is 5.91 Å². The van der Waals surface area contributed by atoms with Gasteiger partial charge < -0.3 is 10.6 Å². The molecule has 62 valence electrons. The van der Waals surface area contributed by atoms with Crippen LogP contribution < -0.4 is 10.6 Å². The minimum Gasteiger partial charge on any atom is -0.352 e. The van der Waals surface area contributed by atoms with Crippen molar-refractivity contribution in [2.75, 3.05) is 13.1 Å². The van der Waals surface area contributed by atoms with Crippen molar-refractivity contribution in [3.63, 3.8) is 0 Å². The number of nitrogens with one attached hydrogen (secondary N) is 2. The molecule has 2 heterocycles. The van der Waals surface area contributed by atoms with Crippen LogP contribution in [0.2, 0.25) is 0 Å². The maximum Gasteiger partial charge on any atom is 0.224 e. The van der Waals surface area contributed by atoms with E-state index < -0.39 is 0 Å². The van der Waals surface area contributed by atoms with E-state index in [1.54, 1.807) is 0 Å². The first-order valence-electron chi connectivity index (χ1n) is 4.37. The van der Waals surface area contributed by atoms with Crippen LogP contribution in [0.5, 0.6) is 0 Å². The predicted molar refractivity (Wildman–Crippen MR) is 42.1 cm³/mol. The summed E-state index contributed by atoms with van der Waals surface area (Å²) in [6.07, 6.45) is 3.42. The van der Waals surface area contributed by atoms with Gasteiger partial charge in [0.25, 0.3) is 0 Å². The molecule has 0 saturated carbocycles. The van der Waals surface area contributed by atoms with Gasteiger partial charge in [0.1, 0.15) is 0 Å². The molecular formula is C8H14N2O. The van der Waals surface area contributed by atoms with Crippen molar-refractivity contribution in [1.82, 2.24) is 10.6 Å². The Morgan fingerprint density at radius 3 is 3.09 bits per heavy atom. The van der Waals surface area contributed by atoms with E-state index >= 15 is 0 Å². The zero-order valence-electron chi connectivity index (χ0n) is 6.60. The molecule has 2 aliphatic heterocycles. The molecule has 1 amide bonds. The van der Waals surface area contributed by atoms with Gasteiger partial charge in [-0.2, -0.15) is 0 Å². The summed E-state index contributed by atoms with van der Waals surface area (Å²) in [7, 11) is 0. The van der Waals surface area contributed by atoms with Gasteiger partial charge in [0.15, 0.2) is 0 Å². The van der Waals surface area contributed by atoms with Crippen molar-refractivity contribution in [1.29, 1.82) is 0 Å². The SMILES string of the molecule is O=C1N[C@H]2CCC[C@@H]1CNC2. The van der Waals surface area contributed by atoms with Gasteiger partial charge in [-0.3, -0.25) is 4.79 Å². The van der Waals surface area contributed by atoms with E-state index in [-0.39, 0.29) is 11.8 Å². The third kappa shape index (κ3) is 1.38. The molecule has 2 atom stereocenters. The van der Waals surface area contributed by atoms with Crippen LogP contribution >= 0.6 is 0 Å². The fourth-order valence-corrected chi connectivity index (χ4v) is 1.91. The first kappa shape index (κ1) is 7.10. The normalized spacial score (nSPS) is 37.6. The Morgan fingerprint density at radius 2 is 2.18 bits per heavy atom. The summed E-state index contributed by atoms with van der Waals surface area (Å²) in [5.41, 5.74) is 0. The lowest BCUT2D eigenvalue weighted by atomic mass is 10.0. The van der Waals surface area contributed by atoms with Crippen LogP contribution in [0.25, 0.3) is 0 Å². The lowest BCUT2D eigenvalue weighted by Crippen LogP contribution is -2.37. The van der Waals surface area contributed by atoms with E-state index in [1.165, 1.54) is 6.42 Å². The fourth-order valence-electron chi connectivity index (χ4n) is 1.91. The predicted octanol–water partition coefficient (Wildman–Crippen LogP) is -0.126. The molecule has 0 aromatic carbocycles. The van der Waals surface area contributed by atoms with Gasteiger partial charge in [-0.15, -0.1) is 0 Å². The summed E-state index contributed by atoms with van der Waals surface area (Å²) < 4.78 is 0. The molecule has 0 aliphatic carbocycles. The first-order chi connectivity index (χ1) is 5.36. The second-order valence-electron chi connectivity index (χ2n) is 3.49. The van der Waals surface area contributed by atoms with E-state index in [4.69, 9.17) is 0 Å². The highest BCUT2D eigenvalue weighted by molar-refractivity contribution is 5.79. The maximum absolute atomic E-state index is 11.3. The van der Waals surface area contributed by atoms with Crippen molar-refractivity contribution in [2.24, 2.45) is 5.92 Å². The molecule has 0 aromatic rings. The molecule has 3 nitrogen and oxygen atoms in total. The second-order valence-corrected chi connectivity index (χ2v) is 3.49. The molecule has 2 saturated heterocycles. The van der Waals surface area contributed by atoms with E-state index in [0.29, 0.717) is 6.04 Å². The number of hydrogen-bond donors (Lipinski definition) is 2. The van der Waals surface area contributed by atoms with Crippen molar-refractivity contribution < 1.29 is 4.79 Å². The summed E-state index contributed by atoms with van der Waals surface area (Å²) in [5.74, 6) is 0.500. The molecule has 0 aromatic heterocycles. The molecule has 3 heteroatoms. The third-order valence-electron chi connectivity index (χ3n) is 2.60. The number of fused-ring (bicyclic) bond motifs is 3. The van der Waals surface area contributed by atoms with E-state index in [0.717, 1.165) is 25.9 Å². The van der Waals surface area contributed by atoms with Gasteiger partial charge >= 0.3 is 0 Å². The van der Waals surface area contributed by atoms with Crippen molar-refractivity contribution in [2.45, 2.75) is 25.3 Å². The van der Waals surface area contributed by atoms with Gasteiger partial charge in [0.05, 0.1) is 5.92 Å². The Kier molecular flexibility index (Phi) is 1.82. The minimum absolute atomic E-state index is 0.238. The number of carbonyl (C=O) groups is 1. The van der Waals surface area contributed by atoms with Crippen LogP contribution in [0.3, 0.4) is 0 Å². The fraction of sp³-hybridized carbons (Fsp3) is 0.875. The molecule has 0 radical (unpaired) electrons. The summed E-state index contributed by atoms with van der Waals surface area (Å²) in [6.45, 7) is 1.84. The highest BCUT2D eigenvalue weighted by atomic mass is 16.2. The van der Waals surface area contributed by atoms with Crippen LogP contribution in [0.4, 0.5) is 0 Å². The molecule has 2 bridgehead atoms. The molecule has 0 unspecified atom stereocenters. The molecule has 0 spiro atoms. The van der Waals surface area contributed by atoms with Gasteiger partial charge in [-0.25, -0.2) is 0 Å². The van der Waals surface area contributed by atoms with E-state index in [9.17, 15) is 4.79 Å². The molecule has 2 rings (SSSR count). The van der Waals surface area contributed by atoms with Crippen LogP contribution in [0.1, 0.15) is 19.3 Å². The zero-order chi connectivity index (χ0) is 7.68. The largest absolute Gasteiger partial charge is 0.352 e. The Labute approximate surface area is 66.5 Å². The van der Waals surface area contributed by atoms with Crippen LogP contribution in [-0.2, 0) is 4.79 Å². The Bertz CT molecular complexity index is 159. The average molecular weight is 154 g/mol. The highest BCUT2D eigenvalue weighted by Crippen LogP contribution is 2.17. The maximum atomic E-state index is 11.3. The third-order valence-corrected chi connectivity index (χ3v) is 2.60. The Hall–Kier alpha value is -0.570. The van der Waals surface area contributed by atoms with Crippen LogP contribution in [0, 0.1) is 5.92 Å². The van der Waals surface area contributed by atoms with Gasteiger partial charge in [-0.1, -0.05) is 6.42 Å². The lowest BCUT2D eigenvalue weighted by Gasteiger charge is -2.14. The molecule has 2 N–H and O–H groups in total. The van der Waals surface area contributed by atoms with Gasteiger partial charge in [-0.05, 0) is 12.8 Å². The van der Waals surface area contributed by atoms with Crippen LogP contribution in [-0.4, -0.2) is 25.0 Å². The van der Waals surface area contributed by atoms with Crippen molar-refractivity contribution in [3.05, 3.63) is 0 Å². The first-order valence-corrected chi connectivity index (χ1v) is 4.37. The Balaban J connectivity index is 2.14. The quantitative estimate of drug-likeness (QED) is 0.510. The molecular weight excluding hydrogens is 140 g/mol. The number of amides is 1. The second kappa shape index (κ2) is 2.81. The topological polar surface area (TPSA) is 41.1 Å². The molecule has 2 aliphatic rings. The van der Waals surface area contributed by atoms with E-state index in [1.807, 2.05) is 0 Å². The summed E-state index contributed by atoms with van der Waals surface area (Å²) >= 11 is 0. The lowest BCUT2D eigenvalue weighted by molar-refractivity contribution is -0.124. The average Bonchev–Trinajstić information content (AvgIpc) is 2.16. The number of hydrogen-bond acceptors (Lipinski definition) is 2. The van der Waals surface area contributed by atoms with Gasteiger partial charge in [0, 0.05) is 19.1 Å². The van der Waals surface area contributed by atoms with Crippen molar-refractivity contribution in [3.8, 4) is 0 Å². The number of carbonyl (C=O) groups excluding carboxylic acids is 1. The van der Waals surface area contributed by atoms with Crippen LogP contribution in [0.15, 0.2) is 0 Å². The molecule has 11 heavy (non-hydrogen) atoms. The summed E-state index contributed by atoms with van der Waals surface area (Å²) in [5, 5.41) is 6.34. The zero-order valence-corrected chi connectivity index (χ0v) is 6.60. The Morgan fingerprint density at radius 1 is 1.27 bits per heavy atom. The standard InChI is InChI=1S/C8H14N2O/c11-8-6-2-1-3-7(10-8)5-9-4-6/h6-7,9H,1-5H2,(H,10,11)/t6-,7+/m1/s1. The summed E-state index contributed by atoms with van der Waals surface area (Å²) in [6, 6.07) is 0.398. The highest BCUT2D eigenvalue weighted by Gasteiger charge is 2.27. The van der Waals surface area contributed by atoms with Crippen molar-refractivity contribution >= 4 is 5.91 Å². The smallest absolute Gasteiger partial charge is 0.224 e. The molecule has 2 fully saturated rings. The monoisotopic (exact) mass is 154 g/mol. The van der Waals surface area contributed by atoms with E-state index in [2.05, 4.69) is 10.6 Å². The summed E-state index contributed by atoms with van der Waals surface area (Å²) in [4.78, 5) is 11.3.